The standard InChI is InChI=1S/C27H24FN5O2/c1-2-24(34)30-20-7-5-6-18(16-20)25-21(28)11-10-19-17-29-27(32-26(19)25)31-22-8-3-4-9-23(22)33-12-14-35-15-13-33/h2-11,16-17H,1,12-15H2,(H,30,34)(H,29,31,32). The maximum atomic E-state index is 15.1. The van der Waals surface area contributed by atoms with Crippen LogP contribution in [0.25, 0.3) is 22.0 Å². The molecule has 1 aliphatic rings. The van der Waals surface area contributed by atoms with Crippen molar-refractivity contribution in [2.24, 2.45) is 0 Å². The van der Waals surface area contributed by atoms with Gasteiger partial charge in [-0.25, -0.2) is 14.4 Å². The van der Waals surface area contributed by atoms with Gasteiger partial charge in [-0.15, -0.1) is 0 Å². The molecule has 1 aliphatic heterocycles. The van der Waals surface area contributed by atoms with Crippen molar-refractivity contribution < 1.29 is 13.9 Å². The summed E-state index contributed by atoms with van der Waals surface area (Å²) in [4.78, 5) is 23.1. The molecule has 35 heavy (non-hydrogen) atoms. The molecule has 0 bridgehead atoms. The highest BCUT2D eigenvalue weighted by Gasteiger charge is 2.17. The Kier molecular flexibility index (Phi) is 6.36. The average Bonchev–Trinajstić information content (AvgIpc) is 2.89. The van der Waals surface area contributed by atoms with E-state index in [2.05, 4.69) is 27.1 Å². The van der Waals surface area contributed by atoms with E-state index in [1.54, 1.807) is 36.5 Å². The number of nitrogens with zero attached hydrogens (tertiary/aromatic N) is 3. The van der Waals surface area contributed by atoms with Crippen molar-refractivity contribution in [1.29, 1.82) is 0 Å². The third-order valence-electron chi connectivity index (χ3n) is 5.81. The zero-order chi connectivity index (χ0) is 24.2. The van der Waals surface area contributed by atoms with E-state index in [-0.39, 0.29) is 5.91 Å². The number of anilines is 4. The van der Waals surface area contributed by atoms with Gasteiger partial charge in [0.25, 0.3) is 0 Å². The van der Waals surface area contributed by atoms with Crippen LogP contribution in [-0.2, 0) is 9.53 Å². The number of amides is 1. The van der Waals surface area contributed by atoms with Gasteiger partial charge in [-0.3, -0.25) is 4.79 Å². The molecule has 1 saturated heterocycles. The van der Waals surface area contributed by atoms with Crippen LogP contribution in [0.4, 0.5) is 27.4 Å². The van der Waals surface area contributed by atoms with E-state index in [9.17, 15) is 4.79 Å². The van der Waals surface area contributed by atoms with Crippen molar-refractivity contribution >= 4 is 39.8 Å². The Morgan fingerprint density at radius 2 is 1.91 bits per heavy atom. The lowest BCUT2D eigenvalue weighted by molar-refractivity contribution is -0.111. The third kappa shape index (κ3) is 4.83. The fraction of sp³-hybridized carbons (Fsp3) is 0.148. The monoisotopic (exact) mass is 469 g/mol. The Morgan fingerprint density at radius 3 is 2.74 bits per heavy atom. The van der Waals surface area contributed by atoms with Gasteiger partial charge in [0.1, 0.15) is 5.82 Å². The normalized spacial score (nSPS) is 13.5. The van der Waals surface area contributed by atoms with Gasteiger partial charge in [0.2, 0.25) is 11.9 Å². The van der Waals surface area contributed by atoms with Crippen molar-refractivity contribution in [3.05, 3.63) is 85.3 Å². The van der Waals surface area contributed by atoms with Crippen LogP contribution in [-0.4, -0.2) is 42.2 Å². The molecule has 1 fully saturated rings. The molecule has 1 aromatic heterocycles. The summed E-state index contributed by atoms with van der Waals surface area (Å²) in [5.41, 5.74) is 3.83. The van der Waals surface area contributed by atoms with Crippen molar-refractivity contribution in [2.45, 2.75) is 0 Å². The van der Waals surface area contributed by atoms with E-state index in [0.717, 1.165) is 24.5 Å². The number of aromatic nitrogens is 2. The summed E-state index contributed by atoms with van der Waals surface area (Å²) in [7, 11) is 0. The van der Waals surface area contributed by atoms with Gasteiger partial charge in [0.15, 0.2) is 0 Å². The van der Waals surface area contributed by atoms with Crippen LogP contribution in [0.3, 0.4) is 0 Å². The molecule has 2 heterocycles. The van der Waals surface area contributed by atoms with Gasteiger partial charge in [0.05, 0.1) is 30.1 Å². The molecule has 3 aromatic carbocycles. The topological polar surface area (TPSA) is 79.4 Å². The number of halogens is 1. The second-order valence-corrected chi connectivity index (χ2v) is 8.07. The molecule has 7 nitrogen and oxygen atoms in total. The van der Waals surface area contributed by atoms with E-state index >= 15 is 4.39 Å². The summed E-state index contributed by atoms with van der Waals surface area (Å²) in [6, 6.07) is 18.0. The lowest BCUT2D eigenvalue weighted by Crippen LogP contribution is -2.36. The van der Waals surface area contributed by atoms with Crippen LogP contribution in [0, 0.1) is 5.82 Å². The molecular weight excluding hydrogens is 445 g/mol. The first-order chi connectivity index (χ1) is 17.1. The lowest BCUT2D eigenvalue weighted by Gasteiger charge is -2.30. The van der Waals surface area contributed by atoms with E-state index in [1.807, 2.05) is 24.3 Å². The molecule has 0 radical (unpaired) electrons. The van der Waals surface area contributed by atoms with Gasteiger partial charge in [-0.2, -0.15) is 0 Å². The van der Waals surface area contributed by atoms with Crippen LogP contribution >= 0.6 is 0 Å². The van der Waals surface area contributed by atoms with Gasteiger partial charge >= 0.3 is 0 Å². The Labute approximate surface area is 202 Å². The molecule has 4 aromatic rings. The number of carbonyl (C=O) groups is 1. The molecule has 5 rings (SSSR count). The van der Waals surface area contributed by atoms with E-state index in [1.165, 1.54) is 12.1 Å². The Morgan fingerprint density at radius 1 is 1.09 bits per heavy atom. The summed E-state index contributed by atoms with van der Waals surface area (Å²) in [5, 5.41) is 6.73. The SMILES string of the molecule is C=CC(=O)Nc1cccc(-c2c(F)ccc3cnc(Nc4ccccc4N4CCOCC4)nc23)c1. The van der Waals surface area contributed by atoms with Crippen LogP contribution in [0.5, 0.6) is 0 Å². The first-order valence-electron chi connectivity index (χ1n) is 11.3. The van der Waals surface area contributed by atoms with Crippen molar-refractivity contribution in [1.82, 2.24) is 9.97 Å². The predicted molar refractivity (Wildman–Crippen MR) is 137 cm³/mol. The van der Waals surface area contributed by atoms with Gasteiger partial charge in [-0.05, 0) is 48.0 Å². The first-order valence-corrected chi connectivity index (χ1v) is 11.3. The number of carbonyl (C=O) groups excluding carboxylic acids is 1. The number of ether oxygens (including phenoxy) is 1. The maximum Gasteiger partial charge on any atom is 0.247 e. The summed E-state index contributed by atoms with van der Waals surface area (Å²) >= 11 is 0. The highest BCUT2D eigenvalue weighted by molar-refractivity contribution is 6.00. The molecule has 8 heteroatoms. The van der Waals surface area contributed by atoms with Crippen LogP contribution < -0.4 is 15.5 Å². The molecular formula is C27H24FN5O2. The number of fused-ring (bicyclic) bond motifs is 1. The highest BCUT2D eigenvalue weighted by Crippen LogP contribution is 2.33. The second kappa shape index (κ2) is 9.90. The minimum atomic E-state index is -0.414. The number of nitrogens with one attached hydrogen (secondary N) is 2. The van der Waals surface area contributed by atoms with Gasteiger partial charge < -0.3 is 20.3 Å². The molecule has 0 unspecified atom stereocenters. The lowest BCUT2D eigenvalue weighted by atomic mass is 10.0. The summed E-state index contributed by atoms with van der Waals surface area (Å²) in [5.74, 6) is -0.391. The first kappa shape index (κ1) is 22.5. The minimum Gasteiger partial charge on any atom is -0.378 e. The van der Waals surface area contributed by atoms with Crippen LogP contribution in [0.2, 0.25) is 0 Å². The molecule has 0 atom stereocenters. The third-order valence-corrected chi connectivity index (χ3v) is 5.81. The quantitative estimate of drug-likeness (QED) is 0.381. The zero-order valence-electron chi connectivity index (χ0n) is 19.0. The fourth-order valence-electron chi connectivity index (χ4n) is 4.13. The zero-order valence-corrected chi connectivity index (χ0v) is 19.0. The van der Waals surface area contributed by atoms with Crippen molar-refractivity contribution in [2.75, 3.05) is 41.8 Å². The number of hydrogen-bond donors (Lipinski definition) is 2. The Bertz CT molecular complexity index is 1400. The maximum absolute atomic E-state index is 15.1. The van der Waals surface area contributed by atoms with E-state index < -0.39 is 5.82 Å². The highest BCUT2D eigenvalue weighted by atomic mass is 19.1. The Hall–Kier alpha value is -4.30. The summed E-state index contributed by atoms with van der Waals surface area (Å²) in [6.45, 7) is 6.41. The number of hydrogen-bond acceptors (Lipinski definition) is 6. The molecule has 0 saturated carbocycles. The molecule has 0 aliphatic carbocycles. The number of morpholine rings is 1. The molecule has 1 amide bonds. The molecule has 2 N–H and O–H groups in total. The number of rotatable bonds is 6. The van der Waals surface area contributed by atoms with E-state index in [4.69, 9.17) is 9.72 Å². The largest absolute Gasteiger partial charge is 0.378 e. The van der Waals surface area contributed by atoms with Gasteiger partial charge in [-0.1, -0.05) is 30.8 Å². The predicted octanol–water partition coefficient (Wildman–Crippen LogP) is 5.14. The number of benzene rings is 3. The Balaban J connectivity index is 1.53. The fourth-order valence-corrected chi connectivity index (χ4v) is 4.13. The van der Waals surface area contributed by atoms with E-state index in [0.29, 0.717) is 46.9 Å². The van der Waals surface area contributed by atoms with Crippen molar-refractivity contribution in [3.8, 4) is 11.1 Å². The van der Waals surface area contributed by atoms with Crippen LogP contribution in [0.15, 0.2) is 79.5 Å². The second-order valence-electron chi connectivity index (χ2n) is 8.07. The van der Waals surface area contributed by atoms with Gasteiger partial charge in [0, 0.05) is 35.9 Å². The molecule has 176 valence electrons. The summed E-state index contributed by atoms with van der Waals surface area (Å²) in [6.07, 6.45) is 2.86. The van der Waals surface area contributed by atoms with Crippen LogP contribution in [0.1, 0.15) is 0 Å². The number of para-hydroxylation sites is 2. The molecule has 0 spiro atoms. The average molecular weight is 470 g/mol. The smallest absolute Gasteiger partial charge is 0.247 e. The summed E-state index contributed by atoms with van der Waals surface area (Å²) < 4.78 is 20.6. The van der Waals surface area contributed by atoms with Crippen molar-refractivity contribution in [3.63, 3.8) is 0 Å². The minimum absolute atomic E-state index is 0.337.